The zero-order valence-corrected chi connectivity index (χ0v) is 11.7. The van der Waals surface area contributed by atoms with Gasteiger partial charge in [0.25, 0.3) is 0 Å². The molecule has 0 unspecified atom stereocenters. The maximum Gasteiger partial charge on any atom is 0.122 e. The van der Waals surface area contributed by atoms with Gasteiger partial charge in [0.05, 0.1) is 5.69 Å². The Hall–Kier alpha value is -2.00. The van der Waals surface area contributed by atoms with Crippen molar-refractivity contribution in [2.45, 2.75) is 20.5 Å². The Morgan fingerprint density at radius 3 is 2.37 bits per heavy atom. The Morgan fingerprint density at radius 2 is 1.68 bits per heavy atom. The summed E-state index contributed by atoms with van der Waals surface area (Å²) in [6, 6.07) is 14.1. The lowest BCUT2D eigenvalue weighted by Gasteiger charge is -2.19. The molecule has 0 amide bonds. The fourth-order valence-corrected chi connectivity index (χ4v) is 2.07. The minimum Gasteiger partial charge on any atom is -0.489 e. The lowest BCUT2D eigenvalue weighted by molar-refractivity contribution is 0.303. The molecule has 0 bridgehead atoms. The number of hydrogen-bond donors (Lipinski definition) is 1. The average molecular weight is 256 g/mol. The molecule has 0 aliphatic carbocycles. The predicted octanol–water partition coefficient (Wildman–Crippen LogP) is 3.19. The van der Waals surface area contributed by atoms with Gasteiger partial charge in [-0.15, -0.1) is 0 Å². The summed E-state index contributed by atoms with van der Waals surface area (Å²) in [5.74, 6) is 6.77. The number of hydrogen-bond acceptors (Lipinski definition) is 3. The van der Waals surface area contributed by atoms with Crippen LogP contribution in [0.1, 0.15) is 16.7 Å². The van der Waals surface area contributed by atoms with Gasteiger partial charge in [0.1, 0.15) is 12.4 Å². The van der Waals surface area contributed by atoms with E-state index in [9.17, 15) is 0 Å². The third kappa shape index (κ3) is 3.06. The monoisotopic (exact) mass is 256 g/mol. The molecule has 0 spiro atoms. The number of nitrogens with zero attached hydrogens (tertiary/aromatic N) is 1. The molecule has 2 aromatic rings. The molecule has 2 N–H and O–H groups in total. The van der Waals surface area contributed by atoms with Crippen LogP contribution in [-0.2, 0) is 6.61 Å². The fourth-order valence-electron chi connectivity index (χ4n) is 2.07. The molecule has 0 atom stereocenters. The highest BCUT2D eigenvalue weighted by Gasteiger charge is 2.09. The topological polar surface area (TPSA) is 38.5 Å². The van der Waals surface area contributed by atoms with Crippen molar-refractivity contribution in [1.82, 2.24) is 0 Å². The number of anilines is 1. The van der Waals surface area contributed by atoms with Crippen molar-refractivity contribution in [1.29, 1.82) is 0 Å². The first-order valence-electron chi connectivity index (χ1n) is 6.35. The third-order valence-electron chi connectivity index (χ3n) is 3.23. The lowest BCUT2D eigenvalue weighted by Crippen LogP contribution is -2.26. The van der Waals surface area contributed by atoms with Gasteiger partial charge >= 0.3 is 0 Å². The van der Waals surface area contributed by atoms with Crippen molar-refractivity contribution >= 4 is 5.69 Å². The van der Waals surface area contributed by atoms with Gasteiger partial charge in [0.2, 0.25) is 0 Å². The number of para-hydroxylation sites is 1. The van der Waals surface area contributed by atoms with Gasteiger partial charge in [0, 0.05) is 12.6 Å². The first kappa shape index (κ1) is 13.4. The highest BCUT2D eigenvalue weighted by atomic mass is 16.5. The van der Waals surface area contributed by atoms with E-state index in [-0.39, 0.29) is 0 Å². The Balaban J connectivity index is 2.22. The number of nitrogens with two attached hydrogens (primary N) is 1. The molecule has 0 radical (unpaired) electrons. The van der Waals surface area contributed by atoms with Crippen LogP contribution < -0.4 is 15.6 Å². The van der Waals surface area contributed by atoms with E-state index in [1.807, 2.05) is 50.4 Å². The van der Waals surface area contributed by atoms with E-state index in [1.165, 1.54) is 5.56 Å². The van der Waals surface area contributed by atoms with E-state index in [1.54, 1.807) is 5.01 Å². The zero-order valence-electron chi connectivity index (χ0n) is 11.7. The third-order valence-corrected chi connectivity index (χ3v) is 3.23. The van der Waals surface area contributed by atoms with E-state index in [2.05, 4.69) is 13.0 Å². The van der Waals surface area contributed by atoms with Crippen LogP contribution in [0.25, 0.3) is 0 Å². The van der Waals surface area contributed by atoms with E-state index in [0.29, 0.717) is 6.61 Å². The van der Waals surface area contributed by atoms with Gasteiger partial charge in [-0.2, -0.15) is 0 Å². The second-order valence-corrected chi connectivity index (χ2v) is 4.74. The van der Waals surface area contributed by atoms with E-state index in [4.69, 9.17) is 10.6 Å². The number of aryl methyl sites for hydroxylation is 2. The van der Waals surface area contributed by atoms with Crippen molar-refractivity contribution in [2.24, 2.45) is 5.84 Å². The molecule has 0 aromatic heterocycles. The van der Waals surface area contributed by atoms with Gasteiger partial charge in [-0.1, -0.05) is 30.3 Å². The highest BCUT2D eigenvalue weighted by molar-refractivity contribution is 5.55. The Bertz CT molecular complexity index is 564. The van der Waals surface area contributed by atoms with Crippen LogP contribution in [0.4, 0.5) is 5.69 Å². The van der Waals surface area contributed by atoms with Crippen molar-refractivity contribution in [2.75, 3.05) is 12.1 Å². The van der Waals surface area contributed by atoms with E-state index in [0.717, 1.165) is 22.6 Å². The van der Waals surface area contributed by atoms with Crippen LogP contribution in [0.5, 0.6) is 5.75 Å². The van der Waals surface area contributed by atoms with E-state index >= 15 is 0 Å². The quantitative estimate of drug-likeness (QED) is 0.674. The molecule has 0 saturated heterocycles. The predicted molar refractivity (Wildman–Crippen MR) is 79.3 cm³/mol. The van der Waals surface area contributed by atoms with Crippen LogP contribution >= 0.6 is 0 Å². The Labute approximate surface area is 114 Å². The number of rotatable bonds is 4. The molecule has 2 aromatic carbocycles. The van der Waals surface area contributed by atoms with Crippen molar-refractivity contribution in [3.05, 3.63) is 59.2 Å². The molecule has 2 rings (SSSR count). The van der Waals surface area contributed by atoms with Gasteiger partial charge in [-0.25, -0.2) is 5.84 Å². The fraction of sp³-hybridized carbons (Fsp3) is 0.250. The second kappa shape index (κ2) is 5.76. The molecule has 0 fully saturated rings. The number of ether oxygens (including phenoxy) is 1. The normalized spacial score (nSPS) is 10.3. The average Bonchev–Trinajstić information content (AvgIpc) is 2.38. The van der Waals surface area contributed by atoms with Crippen molar-refractivity contribution in [3.63, 3.8) is 0 Å². The molecule has 3 heteroatoms. The minimum absolute atomic E-state index is 0.522. The smallest absolute Gasteiger partial charge is 0.122 e. The molecule has 3 nitrogen and oxygen atoms in total. The van der Waals surface area contributed by atoms with Crippen LogP contribution in [0.15, 0.2) is 42.5 Å². The van der Waals surface area contributed by atoms with Crippen molar-refractivity contribution < 1.29 is 4.74 Å². The number of benzene rings is 2. The molecule has 0 aliphatic heterocycles. The first-order chi connectivity index (χ1) is 9.09. The molecule has 0 aliphatic rings. The zero-order chi connectivity index (χ0) is 13.8. The maximum atomic E-state index is 5.91. The van der Waals surface area contributed by atoms with Gasteiger partial charge in [-0.05, 0) is 37.1 Å². The molecule has 19 heavy (non-hydrogen) atoms. The van der Waals surface area contributed by atoms with Crippen molar-refractivity contribution in [3.8, 4) is 5.75 Å². The first-order valence-corrected chi connectivity index (χ1v) is 6.35. The Morgan fingerprint density at radius 1 is 1.00 bits per heavy atom. The maximum absolute atomic E-state index is 5.91. The SMILES string of the molecule is Cc1ccccc1OCc1c(C)cccc1N(C)N. The van der Waals surface area contributed by atoms with Gasteiger partial charge in [-0.3, -0.25) is 0 Å². The highest BCUT2D eigenvalue weighted by Crippen LogP contribution is 2.24. The summed E-state index contributed by atoms with van der Waals surface area (Å²) < 4.78 is 5.91. The molecule has 0 heterocycles. The van der Waals surface area contributed by atoms with Crippen LogP contribution in [-0.4, -0.2) is 7.05 Å². The van der Waals surface area contributed by atoms with Crippen LogP contribution in [0.3, 0.4) is 0 Å². The van der Waals surface area contributed by atoms with Gasteiger partial charge < -0.3 is 9.75 Å². The summed E-state index contributed by atoms with van der Waals surface area (Å²) in [6.45, 7) is 4.64. The van der Waals surface area contributed by atoms with Crippen LogP contribution in [0, 0.1) is 13.8 Å². The summed E-state index contributed by atoms with van der Waals surface area (Å²) in [5, 5.41) is 1.63. The molecular formula is C16H20N2O. The minimum atomic E-state index is 0.522. The largest absolute Gasteiger partial charge is 0.489 e. The summed E-state index contributed by atoms with van der Waals surface area (Å²) in [5.41, 5.74) is 4.44. The van der Waals surface area contributed by atoms with Gasteiger partial charge in [0.15, 0.2) is 0 Å². The lowest BCUT2D eigenvalue weighted by atomic mass is 10.1. The second-order valence-electron chi connectivity index (χ2n) is 4.74. The molecule has 0 saturated carbocycles. The van der Waals surface area contributed by atoms with Crippen LogP contribution in [0.2, 0.25) is 0 Å². The summed E-state index contributed by atoms with van der Waals surface area (Å²) >= 11 is 0. The summed E-state index contributed by atoms with van der Waals surface area (Å²) in [6.07, 6.45) is 0. The standard InChI is InChI=1S/C16H20N2O/c1-12-8-6-9-15(18(3)17)14(12)11-19-16-10-5-4-7-13(16)2/h4-10H,11,17H2,1-3H3. The summed E-state index contributed by atoms with van der Waals surface area (Å²) in [4.78, 5) is 0. The summed E-state index contributed by atoms with van der Waals surface area (Å²) in [7, 11) is 1.84. The number of hydrazine groups is 1. The van der Waals surface area contributed by atoms with E-state index < -0.39 is 0 Å². The molecule has 100 valence electrons. The Kier molecular flexibility index (Phi) is 4.07. The molecular weight excluding hydrogens is 236 g/mol.